The van der Waals surface area contributed by atoms with Crippen LogP contribution < -0.4 is 0 Å². The van der Waals surface area contributed by atoms with Gasteiger partial charge in [-0.05, 0) is 0 Å². The standard InChI is InChI=1S/C24H27IO3S/c1-18(2)17-21-9-13-23(14-10-21)25(22-11-5-19(3)6-12-22)28-29(26,27)24-15-7-20(4)8-16-24/h5-16,18H,17H2,1-4H3. The van der Waals surface area contributed by atoms with Crippen LogP contribution in [-0.4, -0.2) is 8.42 Å². The van der Waals surface area contributed by atoms with Gasteiger partial charge in [-0.15, -0.1) is 0 Å². The molecule has 0 radical (unpaired) electrons. The minimum absolute atomic E-state index is 0.203. The van der Waals surface area contributed by atoms with Crippen LogP contribution in [0.1, 0.15) is 30.5 Å². The van der Waals surface area contributed by atoms with Gasteiger partial charge in [0.1, 0.15) is 0 Å². The number of rotatable bonds is 7. The average Bonchev–Trinajstić information content (AvgIpc) is 2.68. The molecule has 3 aromatic carbocycles. The van der Waals surface area contributed by atoms with Gasteiger partial charge in [0.15, 0.2) is 0 Å². The van der Waals surface area contributed by atoms with Crippen LogP contribution in [0.25, 0.3) is 0 Å². The van der Waals surface area contributed by atoms with E-state index >= 15 is 0 Å². The van der Waals surface area contributed by atoms with Crippen molar-refractivity contribution in [2.24, 2.45) is 5.92 Å². The molecule has 0 saturated heterocycles. The predicted molar refractivity (Wildman–Crippen MR) is 127 cm³/mol. The van der Waals surface area contributed by atoms with E-state index < -0.39 is 30.4 Å². The van der Waals surface area contributed by atoms with Crippen molar-refractivity contribution in [1.29, 1.82) is 0 Å². The van der Waals surface area contributed by atoms with E-state index in [9.17, 15) is 8.42 Å². The first-order chi connectivity index (χ1) is 13.7. The van der Waals surface area contributed by atoms with Gasteiger partial charge in [-0.3, -0.25) is 0 Å². The Kier molecular flexibility index (Phi) is 7.14. The van der Waals surface area contributed by atoms with Crippen molar-refractivity contribution >= 4 is 30.4 Å². The summed E-state index contributed by atoms with van der Waals surface area (Å²) in [7, 11) is -3.84. The maximum atomic E-state index is 13.0. The molecule has 3 aromatic rings. The van der Waals surface area contributed by atoms with E-state index in [4.69, 9.17) is 2.51 Å². The third kappa shape index (κ3) is 5.90. The molecule has 0 amide bonds. The van der Waals surface area contributed by atoms with E-state index in [0.29, 0.717) is 5.92 Å². The van der Waals surface area contributed by atoms with Gasteiger partial charge in [-0.25, -0.2) is 0 Å². The molecule has 0 saturated carbocycles. The predicted octanol–water partition coefficient (Wildman–Crippen LogP) is 6.37. The van der Waals surface area contributed by atoms with Crippen molar-refractivity contribution in [3.63, 3.8) is 0 Å². The summed E-state index contributed by atoms with van der Waals surface area (Å²) in [6.07, 6.45) is 1.00. The maximum absolute atomic E-state index is 13.0. The molecular weight excluding hydrogens is 495 g/mol. The number of benzene rings is 3. The molecule has 0 N–H and O–H groups in total. The van der Waals surface area contributed by atoms with E-state index in [-0.39, 0.29) is 4.90 Å². The van der Waals surface area contributed by atoms with Gasteiger partial charge < -0.3 is 0 Å². The number of halogens is 1. The van der Waals surface area contributed by atoms with Crippen LogP contribution in [0.2, 0.25) is 0 Å². The molecule has 0 bridgehead atoms. The number of aryl methyl sites for hydroxylation is 2. The fraction of sp³-hybridized carbons (Fsp3) is 0.250. The second-order valence-electron chi connectivity index (χ2n) is 7.60. The molecule has 154 valence electrons. The summed E-state index contributed by atoms with van der Waals surface area (Å²) >= 11 is -2.64. The molecular formula is C24H27IO3S. The summed E-state index contributed by atoms with van der Waals surface area (Å²) in [5, 5.41) is 0. The molecule has 3 rings (SSSR count). The summed E-state index contributed by atoms with van der Waals surface area (Å²) < 4.78 is 33.9. The Morgan fingerprint density at radius 2 is 1.21 bits per heavy atom. The summed E-state index contributed by atoms with van der Waals surface area (Å²) in [5.74, 6) is 0.575. The molecule has 0 heterocycles. The minimum atomic E-state index is -3.84. The van der Waals surface area contributed by atoms with E-state index in [1.54, 1.807) is 24.3 Å². The van der Waals surface area contributed by atoms with Gasteiger partial charge >= 0.3 is 183 Å². The monoisotopic (exact) mass is 522 g/mol. The summed E-state index contributed by atoms with van der Waals surface area (Å²) in [6.45, 7) is 8.33. The molecule has 5 heteroatoms. The molecule has 0 atom stereocenters. The van der Waals surface area contributed by atoms with Crippen LogP contribution in [0.15, 0.2) is 77.7 Å². The zero-order chi connectivity index (χ0) is 21.0. The van der Waals surface area contributed by atoms with Crippen LogP contribution in [0.4, 0.5) is 0 Å². The molecule has 0 aliphatic heterocycles. The van der Waals surface area contributed by atoms with E-state index in [0.717, 1.165) is 24.7 Å². The summed E-state index contributed by atoms with van der Waals surface area (Å²) in [4.78, 5) is 0.203. The zero-order valence-corrected chi connectivity index (χ0v) is 20.2. The summed E-state index contributed by atoms with van der Waals surface area (Å²) in [5.41, 5.74) is 3.40. The van der Waals surface area contributed by atoms with Gasteiger partial charge in [0.25, 0.3) is 0 Å². The third-order valence-electron chi connectivity index (χ3n) is 4.42. The molecule has 3 nitrogen and oxygen atoms in total. The Balaban J connectivity index is 1.97. The van der Waals surface area contributed by atoms with Gasteiger partial charge in [0.2, 0.25) is 0 Å². The first kappa shape index (κ1) is 22.0. The Morgan fingerprint density at radius 3 is 1.69 bits per heavy atom. The van der Waals surface area contributed by atoms with Crippen LogP contribution >= 0.6 is 20.2 Å². The fourth-order valence-corrected chi connectivity index (χ4v) is 9.76. The van der Waals surface area contributed by atoms with Crippen LogP contribution in [0.3, 0.4) is 0 Å². The molecule has 29 heavy (non-hydrogen) atoms. The van der Waals surface area contributed by atoms with E-state index in [1.165, 1.54) is 5.56 Å². The number of hydrogen-bond donors (Lipinski definition) is 0. The topological polar surface area (TPSA) is 43.4 Å². The number of hydrogen-bond acceptors (Lipinski definition) is 3. The van der Waals surface area contributed by atoms with Crippen molar-refractivity contribution in [2.45, 2.75) is 39.0 Å². The molecule has 0 fully saturated rings. The quantitative estimate of drug-likeness (QED) is 0.339. The molecule has 0 aliphatic rings. The second kappa shape index (κ2) is 9.41. The van der Waals surface area contributed by atoms with E-state index in [1.807, 2.05) is 50.2 Å². The van der Waals surface area contributed by atoms with Crippen molar-refractivity contribution in [3.05, 3.63) is 96.6 Å². The Morgan fingerprint density at radius 1 is 0.759 bits per heavy atom. The average molecular weight is 522 g/mol. The SMILES string of the molecule is Cc1ccc(I(OS(=O)(=O)c2ccc(C)cc2)c2ccc(CC(C)C)cc2)cc1. The Hall–Kier alpha value is -1.70. The second-order valence-corrected chi connectivity index (χ2v) is 14.1. The van der Waals surface area contributed by atoms with Gasteiger partial charge in [0.05, 0.1) is 0 Å². The van der Waals surface area contributed by atoms with Crippen LogP contribution in [0.5, 0.6) is 0 Å². The van der Waals surface area contributed by atoms with Gasteiger partial charge in [-0.2, -0.15) is 0 Å². The van der Waals surface area contributed by atoms with Crippen molar-refractivity contribution in [1.82, 2.24) is 0 Å². The van der Waals surface area contributed by atoms with Crippen molar-refractivity contribution < 1.29 is 10.9 Å². The van der Waals surface area contributed by atoms with Crippen molar-refractivity contribution in [2.75, 3.05) is 0 Å². The Bertz CT molecular complexity index is 1040. The first-order valence-corrected chi connectivity index (χ1v) is 14.1. The molecule has 0 aromatic heterocycles. The van der Waals surface area contributed by atoms with Crippen LogP contribution in [0, 0.1) is 26.9 Å². The van der Waals surface area contributed by atoms with Crippen molar-refractivity contribution in [3.8, 4) is 0 Å². The summed E-state index contributed by atoms with van der Waals surface area (Å²) in [6, 6.07) is 23.1. The Labute approximate surface area is 182 Å². The third-order valence-corrected chi connectivity index (χ3v) is 11.8. The zero-order valence-electron chi connectivity index (χ0n) is 17.2. The molecule has 0 unspecified atom stereocenters. The van der Waals surface area contributed by atoms with Gasteiger partial charge in [0, 0.05) is 0 Å². The first-order valence-electron chi connectivity index (χ1n) is 9.62. The molecule has 0 aliphatic carbocycles. The van der Waals surface area contributed by atoms with E-state index in [2.05, 4.69) is 26.0 Å². The normalized spacial score (nSPS) is 12.2. The van der Waals surface area contributed by atoms with Crippen LogP contribution in [-0.2, 0) is 19.1 Å². The van der Waals surface area contributed by atoms with Gasteiger partial charge in [-0.1, -0.05) is 0 Å². The fourth-order valence-electron chi connectivity index (χ4n) is 2.88. The molecule has 0 spiro atoms.